The van der Waals surface area contributed by atoms with Crippen molar-refractivity contribution in [3.05, 3.63) is 42.0 Å². The zero-order valence-electron chi connectivity index (χ0n) is 14.6. The van der Waals surface area contributed by atoms with Gasteiger partial charge in [0.25, 0.3) is 0 Å². The molecule has 0 heterocycles. The number of carbonyl (C=O) groups excluding carboxylic acids is 1. The van der Waals surface area contributed by atoms with Gasteiger partial charge in [0.1, 0.15) is 5.60 Å². The lowest BCUT2D eigenvalue weighted by Gasteiger charge is -2.35. The zero-order valence-corrected chi connectivity index (χ0v) is 14.6. The number of amides is 1. The minimum Gasteiger partial charge on any atom is -0.444 e. The van der Waals surface area contributed by atoms with Crippen LogP contribution in [-0.4, -0.2) is 29.2 Å². The summed E-state index contributed by atoms with van der Waals surface area (Å²) in [5, 5.41) is 0. The Morgan fingerprint density at radius 2 is 1.83 bits per heavy atom. The first-order chi connectivity index (χ1) is 11.0. The highest BCUT2D eigenvalue weighted by atomic mass is 16.6. The Morgan fingerprint density at radius 3 is 2.43 bits per heavy atom. The van der Waals surface area contributed by atoms with Gasteiger partial charge in [-0.1, -0.05) is 61.7 Å². The number of rotatable bonds is 4. The molecular weight excluding hydrogens is 286 g/mol. The van der Waals surface area contributed by atoms with E-state index in [-0.39, 0.29) is 6.09 Å². The summed E-state index contributed by atoms with van der Waals surface area (Å²) < 4.78 is 5.61. The third-order valence-electron chi connectivity index (χ3n) is 4.06. The third kappa shape index (κ3) is 6.09. The average Bonchev–Trinajstić information content (AvgIpc) is 2.51. The van der Waals surface area contributed by atoms with Gasteiger partial charge >= 0.3 is 6.09 Å². The second-order valence-electron chi connectivity index (χ2n) is 7.24. The molecule has 1 fully saturated rings. The van der Waals surface area contributed by atoms with Crippen molar-refractivity contribution >= 4 is 12.2 Å². The highest BCUT2D eigenvalue weighted by molar-refractivity contribution is 5.69. The number of nitrogens with zero attached hydrogens (tertiary/aromatic N) is 1. The van der Waals surface area contributed by atoms with E-state index in [0.717, 1.165) is 18.4 Å². The molecule has 3 nitrogen and oxygen atoms in total. The number of ether oxygens (including phenoxy) is 1. The molecule has 0 N–H and O–H groups in total. The zero-order chi connectivity index (χ0) is 16.7. The second kappa shape index (κ2) is 8.19. The first-order valence-corrected chi connectivity index (χ1v) is 8.67. The van der Waals surface area contributed by atoms with Crippen molar-refractivity contribution in [2.24, 2.45) is 0 Å². The molecule has 2 rings (SSSR count). The van der Waals surface area contributed by atoms with Crippen molar-refractivity contribution in [1.82, 2.24) is 4.90 Å². The summed E-state index contributed by atoms with van der Waals surface area (Å²) in [4.78, 5) is 14.5. The number of carbonyl (C=O) groups is 1. The van der Waals surface area contributed by atoms with Crippen LogP contribution >= 0.6 is 0 Å². The molecule has 0 atom stereocenters. The molecule has 1 aliphatic rings. The van der Waals surface area contributed by atoms with E-state index < -0.39 is 5.60 Å². The molecule has 23 heavy (non-hydrogen) atoms. The van der Waals surface area contributed by atoms with E-state index in [2.05, 4.69) is 24.3 Å². The molecule has 0 unspecified atom stereocenters. The Morgan fingerprint density at radius 1 is 1.17 bits per heavy atom. The van der Waals surface area contributed by atoms with Crippen LogP contribution in [0.25, 0.3) is 6.08 Å². The fraction of sp³-hybridized carbons (Fsp3) is 0.550. The van der Waals surface area contributed by atoms with Crippen LogP contribution in [0, 0.1) is 0 Å². The Hall–Kier alpha value is -1.77. The molecule has 0 saturated heterocycles. The molecule has 1 aromatic rings. The SMILES string of the molecule is CC(C)(C)OC(=O)N(C/C=C\c1ccccc1)C1CCCCC1. The van der Waals surface area contributed by atoms with Gasteiger partial charge < -0.3 is 9.64 Å². The molecule has 1 aliphatic carbocycles. The maximum Gasteiger partial charge on any atom is 0.410 e. The minimum absolute atomic E-state index is 0.192. The molecule has 3 heteroatoms. The molecule has 0 spiro atoms. The number of hydrogen-bond donors (Lipinski definition) is 0. The summed E-state index contributed by atoms with van der Waals surface area (Å²) in [5.41, 5.74) is 0.702. The van der Waals surface area contributed by atoms with E-state index in [1.807, 2.05) is 43.9 Å². The van der Waals surface area contributed by atoms with Gasteiger partial charge in [-0.3, -0.25) is 0 Å². The maximum absolute atomic E-state index is 12.6. The van der Waals surface area contributed by atoms with E-state index in [1.165, 1.54) is 19.3 Å². The predicted octanol–water partition coefficient (Wildman–Crippen LogP) is 5.27. The van der Waals surface area contributed by atoms with Crippen molar-refractivity contribution in [2.75, 3.05) is 6.54 Å². The van der Waals surface area contributed by atoms with Crippen molar-refractivity contribution in [2.45, 2.75) is 64.5 Å². The van der Waals surface area contributed by atoms with Crippen molar-refractivity contribution < 1.29 is 9.53 Å². The number of benzene rings is 1. The molecule has 1 aromatic carbocycles. The summed E-state index contributed by atoms with van der Waals surface area (Å²) >= 11 is 0. The Kier molecular flexibility index (Phi) is 6.26. The van der Waals surface area contributed by atoms with Gasteiger partial charge in [0.15, 0.2) is 0 Å². The Bertz CT molecular complexity index is 510. The Balaban J connectivity index is 2.03. The molecule has 0 radical (unpaired) electrons. The summed E-state index contributed by atoms with van der Waals surface area (Å²) in [5.74, 6) is 0. The van der Waals surface area contributed by atoms with E-state index in [0.29, 0.717) is 12.6 Å². The fourth-order valence-electron chi connectivity index (χ4n) is 2.95. The molecule has 1 saturated carbocycles. The van der Waals surface area contributed by atoms with Crippen LogP contribution in [0.3, 0.4) is 0 Å². The molecular formula is C20H29NO2. The standard InChI is InChI=1S/C20H29NO2/c1-20(2,3)23-19(22)21(18-14-8-5-9-15-18)16-10-13-17-11-6-4-7-12-17/h4,6-7,10-13,18H,5,8-9,14-16H2,1-3H3/b13-10-. The maximum atomic E-state index is 12.6. The van der Waals surface area contributed by atoms with Crippen LogP contribution in [-0.2, 0) is 4.74 Å². The van der Waals surface area contributed by atoms with Crippen LogP contribution in [0.15, 0.2) is 36.4 Å². The van der Waals surface area contributed by atoms with E-state index in [1.54, 1.807) is 0 Å². The monoisotopic (exact) mass is 315 g/mol. The summed E-state index contributed by atoms with van der Waals surface area (Å²) in [6.07, 6.45) is 9.78. The van der Waals surface area contributed by atoms with Crippen molar-refractivity contribution in [3.8, 4) is 0 Å². The molecule has 0 aromatic heterocycles. The quantitative estimate of drug-likeness (QED) is 0.757. The molecule has 1 amide bonds. The lowest BCUT2D eigenvalue weighted by molar-refractivity contribution is 0.0152. The highest BCUT2D eigenvalue weighted by Gasteiger charge is 2.28. The van der Waals surface area contributed by atoms with Crippen LogP contribution in [0.2, 0.25) is 0 Å². The van der Waals surface area contributed by atoms with Crippen LogP contribution in [0.4, 0.5) is 4.79 Å². The van der Waals surface area contributed by atoms with Gasteiger partial charge in [-0.15, -0.1) is 0 Å². The smallest absolute Gasteiger partial charge is 0.410 e. The van der Waals surface area contributed by atoms with Gasteiger partial charge in [-0.05, 0) is 39.2 Å². The topological polar surface area (TPSA) is 29.5 Å². The average molecular weight is 315 g/mol. The number of hydrogen-bond acceptors (Lipinski definition) is 2. The lowest BCUT2D eigenvalue weighted by atomic mass is 9.94. The van der Waals surface area contributed by atoms with E-state index >= 15 is 0 Å². The van der Waals surface area contributed by atoms with Crippen molar-refractivity contribution in [3.63, 3.8) is 0 Å². The van der Waals surface area contributed by atoms with Crippen LogP contribution in [0.5, 0.6) is 0 Å². The molecule has 0 bridgehead atoms. The van der Waals surface area contributed by atoms with Crippen LogP contribution in [0.1, 0.15) is 58.4 Å². The minimum atomic E-state index is -0.451. The van der Waals surface area contributed by atoms with E-state index in [9.17, 15) is 4.79 Å². The third-order valence-corrected chi connectivity index (χ3v) is 4.06. The van der Waals surface area contributed by atoms with Crippen molar-refractivity contribution in [1.29, 1.82) is 0 Å². The largest absolute Gasteiger partial charge is 0.444 e. The molecule has 126 valence electrons. The molecule has 0 aliphatic heterocycles. The van der Waals surface area contributed by atoms with Gasteiger partial charge in [-0.2, -0.15) is 0 Å². The Labute approximate surface area is 140 Å². The van der Waals surface area contributed by atoms with Crippen LogP contribution < -0.4 is 0 Å². The van der Waals surface area contributed by atoms with Gasteiger partial charge in [0, 0.05) is 12.6 Å². The van der Waals surface area contributed by atoms with Gasteiger partial charge in [0.05, 0.1) is 0 Å². The summed E-state index contributed by atoms with van der Waals surface area (Å²) in [6.45, 7) is 6.37. The second-order valence-corrected chi connectivity index (χ2v) is 7.24. The predicted molar refractivity (Wildman–Crippen MR) is 95.3 cm³/mol. The summed E-state index contributed by atoms with van der Waals surface area (Å²) in [7, 11) is 0. The van der Waals surface area contributed by atoms with Gasteiger partial charge in [-0.25, -0.2) is 4.79 Å². The summed E-state index contributed by atoms with van der Waals surface area (Å²) in [6, 6.07) is 10.5. The normalized spacial score (nSPS) is 16.5. The highest BCUT2D eigenvalue weighted by Crippen LogP contribution is 2.24. The first-order valence-electron chi connectivity index (χ1n) is 8.67. The van der Waals surface area contributed by atoms with Gasteiger partial charge in [0.2, 0.25) is 0 Å². The lowest BCUT2D eigenvalue weighted by Crippen LogP contribution is -2.44. The van der Waals surface area contributed by atoms with E-state index in [4.69, 9.17) is 4.74 Å². The fourth-order valence-corrected chi connectivity index (χ4v) is 2.95. The first kappa shape index (κ1) is 17.6.